The predicted molar refractivity (Wildman–Crippen MR) is 50.5 cm³/mol. The van der Waals surface area contributed by atoms with Gasteiger partial charge in [0.25, 0.3) is 6.01 Å². The third-order valence-corrected chi connectivity index (χ3v) is 2.19. The van der Waals surface area contributed by atoms with Crippen LogP contribution in [0.2, 0.25) is 5.22 Å². The summed E-state index contributed by atoms with van der Waals surface area (Å²) < 4.78 is 10.0. The van der Waals surface area contributed by atoms with E-state index in [1.54, 1.807) is 4.90 Å². The summed E-state index contributed by atoms with van der Waals surface area (Å²) in [5, 5.41) is 10.7. The van der Waals surface area contributed by atoms with Crippen LogP contribution in [-0.4, -0.2) is 35.8 Å². The molecule has 1 saturated heterocycles. The van der Waals surface area contributed by atoms with Gasteiger partial charge in [0.15, 0.2) is 0 Å². The van der Waals surface area contributed by atoms with Crippen LogP contribution in [0, 0.1) is 10.1 Å². The largest absolute Gasteiger partial charge is 0.412 e. The molecule has 15 heavy (non-hydrogen) atoms. The van der Waals surface area contributed by atoms with Gasteiger partial charge < -0.3 is 14.1 Å². The Morgan fingerprint density at radius 1 is 1.73 bits per heavy atom. The van der Waals surface area contributed by atoms with Crippen molar-refractivity contribution in [2.24, 2.45) is 0 Å². The van der Waals surface area contributed by atoms with Crippen molar-refractivity contribution in [2.75, 3.05) is 24.6 Å². The van der Waals surface area contributed by atoms with Gasteiger partial charge in [-0.3, -0.25) is 10.1 Å². The van der Waals surface area contributed by atoms with E-state index >= 15 is 0 Å². The molecule has 1 atom stereocenters. The number of morpholine rings is 1. The number of hydrogen-bond donors (Lipinski definition) is 0. The molecular weight excluding hydrogens is 226 g/mol. The Hall–Kier alpha value is -1.34. The summed E-state index contributed by atoms with van der Waals surface area (Å²) in [4.78, 5) is 15.5. The van der Waals surface area contributed by atoms with E-state index in [0.29, 0.717) is 6.54 Å². The lowest BCUT2D eigenvalue weighted by molar-refractivity contribution is -0.574. The molecule has 0 aliphatic carbocycles. The first-order valence-electron chi connectivity index (χ1n) is 4.28. The quantitative estimate of drug-likeness (QED) is 0.554. The standard InChI is InChI=1S/C7H8ClN3O4/c8-5-3-9-7(15-5)10-1-2-14-6(4-10)11(12)13/h3,6H,1-2,4H2. The first-order valence-corrected chi connectivity index (χ1v) is 4.66. The Labute approximate surface area is 89.7 Å². The summed E-state index contributed by atoms with van der Waals surface area (Å²) in [6.07, 6.45) is 0.317. The Bertz CT molecular complexity index is 369. The van der Waals surface area contributed by atoms with Gasteiger partial charge in [-0.25, -0.2) is 4.98 Å². The summed E-state index contributed by atoms with van der Waals surface area (Å²) >= 11 is 5.56. The third-order valence-electron chi connectivity index (χ3n) is 2.02. The fraction of sp³-hybridized carbons (Fsp3) is 0.571. The summed E-state index contributed by atoms with van der Waals surface area (Å²) in [6, 6.07) is 0.287. The highest BCUT2D eigenvalue weighted by Crippen LogP contribution is 2.20. The maximum atomic E-state index is 10.5. The van der Waals surface area contributed by atoms with E-state index in [0.717, 1.165) is 0 Å². The van der Waals surface area contributed by atoms with Crippen molar-refractivity contribution < 1.29 is 14.1 Å². The summed E-state index contributed by atoms with van der Waals surface area (Å²) in [6.45, 7) is 0.886. The molecule has 1 aliphatic heterocycles. The van der Waals surface area contributed by atoms with Crippen LogP contribution in [0.25, 0.3) is 0 Å². The zero-order valence-electron chi connectivity index (χ0n) is 7.63. The smallest absolute Gasteiger partial charge is 0.333 e. The average Bonchev–Trinajstić information content (AvgIpc) is 2.65. The SMILES string of the molecule is O=[N+]([O-])C1CN(c2ncc(Cl)o2)CCO1. The molecule has 0 saturated carbocycles. The number of nitrogens with zero attached hydrogens (tertiary/aromatic N) is 3. The van der Waals surface area contributed by atoms with Crippen molar-refractivity contribution in [3.05, 3.63) is 21.5 Å². The molecule has 8 heteroatoms. The second-order valence-corrected chi connectivity index (χ2v) is 3.38. The first-order chi connectivity index (χ1) is 7.16. The molecule has 1 fully saturated rings. The normalized spacial score (nSPS) is 21.7. The molecule has 0 N–H and O–H groups in total. The van der Waals surface area contributed by atoms with Crippen LogP contribution in [0.15, 0.2) is 10.6 Å². The highest BCUT2D eigenvalue weighted by molar-refractivity contribution is 6.28. The molecular formula is C7H8ClN3O4. The fourth-order valence-corrected chi connectivity index (χ4v) is 1.44. The van der Waals surface area contributed by atoms with Crippen LogP contribution in [0.4, 0.5) is 6.01 Å². The van der Waals surface area contributed by atoms with Crippen molar-refractivity contribution in [2.45, 2.75) is 6.23 Å². The Balaban J connectivity index is 2.07. The van der Waals surface area contributed by atoms with Gasteiger partial charge in [-0.15, -0.1) is 0 Å². The van der Waals surface area contributed by atoms with Crippen LogP contribution in [-0.2, 0) is 4.74 Å². The molecule has 7 nitrogen and oxygen atoms in total. The van der Waals surface area contributed by atoms with Crippen LogP contribution in [0.3, 0.4) is 0 Å². The summed E-state index contributed by atoms with van der Waals surface area (Å²) in [5.74, 6) is 0. The van der Waals surface area contributed by atoms with Crippen LogP contribution in [0.1, 0.15) is 0 Å². The zero-order valence-corrected chi connectivity index (χ0v) is 8.38. The fourth-order valence-electron chi connectivity index (χ4n) is 1.32. The van der Waals surface area contributed by atoms with E-state index < -0.39 is 11.2 Å². The van der Waals surface area contributed by atoms with Crippen molar-refractivity contribution in [1.29, 1.82) is 0 Å². The van der Waals surface area contributed by atoms with E-state index in [1.165, 1.54) is 6.20 Å². The number of nitro groups is 1. The monoisotopic (exact) mass is 233 g/mol. The predicted octanol–water partition coefficient (Wildman–Crippen LogP) is 0.767. The number of oxazole rings is 1. The van der Waals surface area contributed by atoms with Crippen LogP contribution in [0.5, 0.6) is 0 Å². The van der Waals surface area contributed by atoms with Gasteiger partial charge in [0.05, 0.1) is 17.7 Å². The molecule has 1 aromatic rings. The Morgan fingerprint density at radius 2 is 2.53 bits per heavy atom. The number of anilines is 1. The molecule has 0 aromatic carbocycles. The molecule has 1 aliphatic rings. The van der Waals surface area contributed by atoms with Gasteiger partial charge in [-0.05, 0) is 11.6 Å². The van der Waals surface area contributed by atoms with Crippen LogP contribution < -0.4 is 4.90 Å². The first kappa shape index (κ1) is 10.2. The third kappa shape index (κ3) is 2.18. The molecule has 0 amide bonds. The minimum atomic E-state index is -1.04. The van der Waals surface area contributed by atoms with E-state index in [-0.39, 0.29) is 24.4 Å². The molecule has 1 unspecified atom stereocenters. The van der Waals surface area contributed by atoms with Gasteiger partial charge in [0.1, 0.15) is 6.54 Å². The molecule has 82 valence electrons. The average molecular weight is 234 g/mol. The van der Waals surface area contributed by atoms with Crippen molar-refractivity contribution in [1.82, 2.24) is 4.98 Å². The Kier molecular flexibility index (Phi) is 2.74. The number of halogens is 1. The highest BCUT2D eigenvalue weighted by atomic mass is 35.5. The summed E-state index contributed by atoms with van der Waals surface area (Å²) in [5.41, 5.74) is 0. The molecule has 0 radical (unpaired) electrons. The van der Waals surface area contributed by atoms with Crippen molar-refractivity contribution >= 4 is 17.6 Å². The lowest BCUT2D eigenvalue weighted by Crippen LogP contribution is -2.46. The Morgan fingerprint density at radius 3 is 3.13 bits per heavy atom. The van der Waals surface area contributed by atoms with Gasteiger partial charge in [0.2, 0.25) is 5.22 Å². The van der Waals surface area contributed by atoms with E-state index in [1.807, 2.05) is 0 Å². The minimum Gasteiger partial charge on any atom is -0.412 e. The molecule has 2 rings (SSSR count). The van der Waals surface area contributed by atoms with Crippen LogP contribution >= 0.6 is 11.6 Å². The van der Waals surface area contributed by atoms with Crippen molar-refractivity contribution in [3.63, 3.8) is 0 Å². The topological polar surface area (TPSA) is 81.6 Å². The molecule has 0 spiro atoms. The molecule has 1 aromatic heterocycles. The van der Waals surface area contributed by atoms with Gasteiger partial charge in [-0.1, -0.05) is 0 Å². The van der Waals surface area contributed by atoms with Gasteiger partial charge in [-0.2, -0.15) is 0 Å². The molecule has 0 bridgehead atoms. The van der Waals surface area contributed by atoms with Gasteiger partial charge >= 0.3 is 6.23 Å². The van der Waals surface area contributed by atoms with Gasteiger partial charge in [0, 0.05) is 6.54 Å². The molecule has 2 heterocycles. The number of rotatable bonds is 2. The van der Waals surface area contributed by atoms with E-state index in [4.69, 9.17) is 20.8 Å². The summed E-state index contributed by atoms with van der Waals surface area (Å²) in [7, 11) is 0. The van der Waals surface area contributed by atoms with E-state index in [9.17, 15) is 10.1 Å². The highest BCUT2D eigenvalue weighted by Gasteiger charge is 2.30. The number of aromatic nitrogens is 1. The lowest BCUT2D eigenvalue weighted by atomic mass is 10.4. The minimum absolute atomic E-state index is 0.115. The van der Waals surface area contributed by atoms with Crippen molar-refractivity contribution in [3.8, 4) is 0 Å². The number of ether oxygens (including phenoxy) is 1. The maximum absolute atomic E-state index is 10.5. The van der Waals surface area contributed by atoms with E-state index in [2.05, 4.69) is 4.98 Å². The zero-order chi connectivity index (χ0) is 10.8. The maximum Gasteiger partial charge on any atom is 0.333 e. The second-order valence-electron chi connectivity index (χ2n) is 3.00. The number of hydrogen-bond acceptors (Lipinski definition) is 6. The second kappa shape index (κ2) is 4.03. The lowest BCUT2D eigenvalue weighted by Gasteiger charge is -2.26.